The smallest absolute Gasteiger partial charge is 0.337 e. The second-order valence-corrected chi connectivity index (χ2v) is 10.7. The van der Waals surface area contributed by atoms with Crippen molar-refractivity contribution >= 4 is 23.6 Å². The number of nitrogens with zero attached hydrogens (tertiary/aromatic N) is 3. The molecule has 0 N–H and O–H groups in total. The molecule has 7 rings (SSSR count). The number of aromatic nitrogens is 2. The van der Waals surface area contributed by atoms with Crippen molar-refractivity contribution in [1.82, 2.24) is 14.3 Å². The largest absolute Gasteiger partial charge is 0.485 e. The number of hydrogen-bond acceptors (Lipinski definition) is 5. The van der Waals surface area contributed by atoms with Gasteiger partial charge in [-0.1, -0.05) is 30.3 Å². The van der Waals surface area contributed by atoms with Gasteiger partial charge in [-0.05, 0) is 67.0 Å². The molecule has 2 aromatic heterocycles. The Morgan fingerprint density at radius 1 is 1.10 bits per heavy atom. The number of imidazole rings is 1. The van der Waals surface area contributed by atoms with E-state index in [4.69, 9.17) is 14.5 Å². The lowest BCUT2D eigenvalue weighted by Gasteiger charge is -2.35. The molecule has 8 heteroatoms. The van der Waals surface area contributed by atoms with Gasteiger partial charge in [0.25, 0.3) is 5.91 Å². The normalized spacial score (nSPS) is 18.0. The van der Waals surface area contributed by atoms with Crippen LogP contribution in [0.2, 0.25) is 0 Å². The van der Waals surface area contributed by atoms with Gasteiger partial charge in [-0.25, -0.2) is 14.2 Å². The maximum Gasteiger partial charge on any atom is 0.337 e. The van der Waals surface area contributed by atoms with Crippen molar-refractivity contribution in [2.45, 2.75) is 38.1 Å². The molecule has 7 nitrogen and oxygen atoms in total. The van der Waals surface area contributed by atoms with Crippen molar-refractivity contribution in [3.8, 4) is 17.0 Å². The Labute approximate surface area is 230 Å². The van der Waals surface area contributed by atoms with E-state index in [1.54, 1.807) is 24.4 Å². The molecule has 0 saturated heterocycles. The second-order valence-electron chi connectivity index (χ2n) is 10.7. The van der Waals surface area contributed by atoms with Crippen LogP contribution >= 0.6 is 0 Å². The lowest BCUT2D eigenvalue weighted by molar-refractivity contribution is -0.136. The number of hydrogen-bond donors (Lipinski definition) is 0. The lowest BCUT2D eigenvalue weighted by Crippen LogP contribution is -2.39. The minimum Gasteiger partial charge on any atom is -0.485 e. The average Bonchev–Trinajstić information content (AvgIpc) is 3.74. The lowest BCUT2D eigenvalue weighted by atomic mass is 9.93. The number of fused-ring (bicyclic) bond motifs is 3. The predicted octanol–water partition coefficient (Wildman–Crippen LogP) is 5.73. The number of carbonyl (C=O) groups is 2. The number of carbonyl (C=O) groups excluding carboxylic acids is 2. The molecule has 0 spiro atoms. The van der Waals surface area contributed by atoms with Gasteiger partial charge in [-0.2, -0.15) is 0 Å². The van der Waals surface area contributed by atoms with Crippen LogP contribution in [0.15, 0.2) is 60.4 Å². The minimum atomic E-state index is -0.536. The SMILES string of the molecule is COC(=O)C1=Cc2ccc(-c3cn4cc(C(=O)N5CCc6ccccc6C5C)cc(C5CC5)c4n3)c(F)c2OC1. The topological polar surface area (TPSA) is 73.1 Å². The Morgan fingerprint density at radius 2 is 1.93 bits per heavy atom. The highest BCUT2D eigenvalue weighted by Crippen LogP contribution is 2.43. The van der Waals surface area contributed by atoms with E-state index >= 15 is 4.39 Å². The number of benzene rings is 2. The number of ether oxygens (including phenoxy) is 2. The molecule has 1 amide bonds. The van der Waals surface area contributed by atoms with Crippen LogP contribution in [-0.4, -0.2) is 46.4 Å². The van der Waals surface area contributed by atoms with E-state index in [9.17, 15) is 9.59 Å². The Bertz CT molecular complexity index is 1740. The molecule has 2 aliphatic heterocycles. The van der Waals surface area contributed by atoms with Crippen molar-refractivity contribution in [2.75, 3.05) is 20.3 Å². The zero-order chi connectivity index (χ0) is 27.5. The van der Waals surface area contributed by atoms with Gasteiger partial charge in [0, 0.05) is 30.1 Å². The quantitative estimate of drug-likeness (QED) is 0.311. The van der Waals surface area contributed by atoms with E-state index in [-0.39, 0.29) is 24.3 Å². The minimum absolute atomic E-state index is 0.0115. The molecular formula is C32H28FN3O4. The maximum absolute atomic E-state index is 15.7. The number of esters is 1. The van der Waals surface area contributed by atoms with E-state index in [1.807, 2.05) is 33.7 Å². The molecule has 0 bridgehead atoms. The van der Waals surface area contributed by atoms with Crippen LogP contribution in [0.3, 0.4) is 0 Å². The molecule has 4 heterocycles. The van der Waals surface area contributed by atoms with Gasteiger partial charge in [0.15, 0.2) is 11.6 Å². The summed E-state index contributed by atoms with van der Waals surface area (Å²) >= 11 is 0. The van der Waals surface area contributed by atoms with E-state index in [2.05, 4.69) is 19.1 Å². The standard InChI is InChI=1S/C32H28FN3O4/c1-18-24-6-4-3-5-19(24)11-12-36(18)31(37)22-14-26(20-7-8-20)30-34-27(16-35(30)15-22)25-10-9-21-13-23(32(38)39-2)17-40-29(21)28(25)33/h3-6,9-10,13-16,18,20H,7-8,11-12,17H2,1-2H3. The molecule has 1 aliphatic carbocycles. The first-order chi connectivity index (χ1) is 19.4. The van der Waals surface area contributed by atoms with Crippen molar-refractivity contribution in [3.63, 3.8) is 0 Å². The summed E-state index contributed by atoms with van der Waals surface area (Å²) in [5.41, 5.74) is 6.40. The first-order valence-corrected chi connectivity index (χ1v) is 13.6. The fourth-order valence-corrected chi connectivity index (χ4v) is 5.94. The van der Waals surface area contributed by atoms with Crippen LogP contribution in [0.5, 0.6) is 5.75 Å². The van der Waals surface area contributed by atoms with Gasteiger partial charge in [0.2, 0.25) is 0 Å². The number of amides is 1. The Balaban J connectivity index is 1.26. The monoisotopic (exact) mass is 537 g/mol. The molecule has 3 aliphatic rings. The molecule has 2 aromatic carbocycles. The molecule has 1 fully saturated rings. The second kappa shape index (κ2) is 9.33. The van der Waals surface area contributed by atoms with Crippen molar-refractivity contribution in [1.29, 1.82) is 0 Å². The fraction of sp³-hybridized carbons (Fsp3) is 0.281. The summed E-state index contributed by atoms with van der Waals surface area (Å²) in [6, 6.07) is 13.6. The Morgan fingerprint density at radius 3 is 2.73 bits per heavy atom. The van der Waals surface area contributed by atoms with Gasteiger partial charge in [-0.15, -0.1) is 0 Å². The summed E-state index contributed by atoms with van der Waals surface area (Å²) in [5, 5.41) is 0. The Kier molecular flexibility index (Phi) is 5.73. The summed E-state index contributed by atoms with van der Waals surface area (Å²) in [6.45, 7) is 2.67. The summed E-state index contributed by atoms with van der Waals surface area (Å²) in [6.07, 6.45) is 8.08. The first-order valence-electron chi connectivity index (χ1n) is 13.6. The van der Waals surface area contributed by atoms with Crippen molar-refractivity contribution < 1.29 is 23.5 Å². The third-order valence-corrected chi connectivity index (χ3v) is 8.25. The number of methoxy groups -OCH3 is 1. The van der Waals surface area contributed by atoms with E-state index < -0.39 is 11.8 Å². The molecule has 1 unspecified atom stereocenters. The molecule has 0 radical (unpaired) electrons. The van der Waals surface area contributed by atoms with Crippen LogP contribution in [-0.2, 0) is 16.0 Å². The number of halogens is 1. The van der Waals surface area contributed by atoms with E-state index in [0.29, 0.717) is 40.4 Å². The predicted molar refractivity (Wildman–Crippen MR) is 148 cm³/mol. The van der Waals surface area contributed by atoms with Crippen molar-refractivity contribution in [2.24, 2.45) is 0 Å². The van der Waals surface area contributed by atoms with Gasteiger partial charge in [0.05, 0.1) is 30.0 Å². The highest BCUT2D eigenvalue weighted by atomic mass is 19.1. The van der Waals surface area contributed by atoms with E-state index in [0.717, 1.165) is 30.5 Å². The third-order valence-electron chi connectivity index (χ3n) is 8.25. The highest BCUT2D eigenvalue weighted by molar-refractivity contribution is 5.96. The average molecular weight is 538 g/mol. The summed E-state index contributed by atoms with van der Waals surface area (Å²) < 4.78 is 27.9. The van der Waals surface area contributed by atoms with Gasteiger partial charge >= 0.3 is 5.97 Å². The van der Waals surface area contributed by atoms with Gasteiger partial charge < -0.3 is 18.8 Å². The summed E-state index contributed by atoms with van der Waals surface area (Å²) in [5.74, 6) is -0.631. The number of rotatable bonds is 4. The van der Waals surface area contributed by atoms with Crippen LogP contribution in [0.25, 0.3) is 23.0 Å². The zero-order valence-electron chi connectivity index (χ0n) is 22.3. The molecule has 40 heavy (non-hydrogen) atoms. The van der Waals surface area contributed by atoms with Crippen LogP contribution in [0.4, 0.5) is 4.39 Å². The zero-order valence-corrected chi connectivity index (χ0v) is 22.3. The first kappa shape index (κ1) is 24.6. The fourth-order valence-electron chi connectivity index (χ4n) is 5.94. The summed E-state index contributed by atoms with van der Waals surface area (Å²) in [7, 11) is 1.30. The molecule has 202 valence electrons. The van der Waals surface area contributed by atoms with Crippen LogP contribution in [0.1, 0.15) is 64.3 Å². The Hall–Kier alpha value is -4.46. The summed E-state index contributed by atoms with van der Waals surface area (Å²) in [4.78, 5) is 32.5. The van der Waals surface area contributed by atoms with Gasteiger partial charge in [0.1, 0.15) is 12.3 Å². The molecular weight excluding hydrogens is 509 g/mol. The molecule has 1 saturated carbocycles. The molecule has 1 atom stereocenters. The van der Waals surface area contributed by atoms with Crippen molar-refractivity contribution in [3.05, 3.63) is 94.1 Å². The number of pyridine rings is 1. The highest BCUT2D eigenvalue weighted by Gasteiger charge is 2.32. The molecule has 4 aromatic rings. The third kappa shape index (κ3) is 3.97. The maximum atomic E-state index is 15.7. The van der Waals surface area contributed by atoms with Crippen LogP contribution in [0, 0.1) is 5.82 Å². The van der Waals surface area contributed by atoms with Crippen LogP contribution < -0.4 is 4.74 Å². The van der Waals surface area contributed by atoms with E-state index in [1.165, 1.54) is 18.2 Å². The van der Waals surface area contributed by atoms with Gasteiger partial charge in [-0.3, -0.25) is 4.79 Å².